The van der Waals surface area contributed by atoms with Crippen LogP contribution in [0.15, 0.2) is 18.2 Å². The molecule has 0 radical (unpaired) electrons. The lowest BCUT2D eigenvalue weighted by Crippen LogP contribution is -2.44. The number of hydrogen-bond donors (Lipinski definition) is 0. The number of fused-ring (bicyclic) bond motifs is 1. The van der Waals surface area contributed by atoms with Crippen LogP contribution in [-0.2, 0) is 17.6 Å². The van der Waals surface area contributed by atoms with E-state index in [1.165, 1.54) is 29.7 Å². The Kier molecular flexibility index (Phi) is 4.63. The third-order valence-electron chi connectivity index (χ3n) is 5.38. The highest BCUT2D eigenvalue weighted by Crippen LogP contribution is 2.28. The molecule has 2 fully saturated rings. The minimum absolute atomic E-state index is 0.211. The molecule has 0 unspecified atom stereocenters. The number of benzene rings is 1. The molecule has 4 heteroatoms. The van der Waals surface area contributed by atoms with E-state index in [4.69, 9.17) is 4.74 Å². The Balaban J connectivity index is 1.55. The molecule has 1 aromatic carbocycles. The monoisotopic (exact) mass is 331 g/mol. The molecule has 0 spiro atoms. The highest BCUT2D eigenvalue weighted by Gasteiger charge is 2.31. The van der Waals surface area contributed by atoms with Gasteiger partial charge in [0.25, 0.3) is 5.91 Å². The van der Waals surface area contributed by atoms with Crippen LogP contribution in [0, 0.1) is 0 Å². The molecule has 1 aromatic rings. The zero-order valence-electron chi connectivity index (χ0n) is 13.6. The van der Waals surface area contributed by atoms with Gasteiger partial charge in [-0.15, -0.1) is 0 Å². The van der Waals surface area contributed by atoms with Crippen molar-refractivity contribution in [1.29, 1.82) is 0 Å². The van der Waals surface area contributed by atoms with Gasteiger partial charge >= 0.3 is 0 Å². The second-order valence-corrected chi connectivity index (χ2v) is 8.10. The average molecular weight is 331 g/mol. The molecule has 0 N–H and O–H groups in total. The molecule has 3 aliphatic rings. The lowest BCUT2D eigenvalue weighted by molar-refractivity contribution is 0.0441. The van der Waals surface area contributed by atoms with Gasteiger partial charge in [0.1, 0.15) is 0 Å². The largest absolute Gasteiger partial charge is 0.376 e. The summed E-state index contributed by atoms with van der Waals surface area (Å²) in [5, 5.41) is 0. The summed E-state index contributed by atoms with van der Waals surface area (Å²) in [4.78, 5) is 15.3. The topological polar surface area (TPSA) is 29.5 Å². The molecule has 0 aromatic heterocycles. The number of amides is 1. The first kappa shape index (κ1) is 15.5. The second kappa shape index (κ2) is 6.86. The maximum absolute atomic E-state index is 13.2. The molecule has 1 aliphatic carbocycles. The number of rotatable bonds is 4. The smallest absolute Gasteiger partial charge is 0.254 e. The van der Waals surface area contributed by atoms with Gasteiger partial charge in [0.2, 0.25) is 0 Å². The highest BCUT2D eigenvalue weighted by molar-refractivity contribution is 7.99. The maximum Gasteiger partial charge on any atom is 0.254 e. The summed E-state index contributed by atoms with van der Waals surface area (Å²) in [6, 6.07) is 6.74. The van der Waals surface area contributed by atoms with Crippen molar-refractivity contribution in [3.8, 4) is 0 Å². The standard InChI is InChI=1S/C19H25NO2S/c21-19(16-7-6-14-3-1-4-15(14)11-16)20(17-8-10-23-13-17)12-18-5-2-9-22-18/h6-7,11,17-18H,1-5,8-10,12-13H2/t17-,18-/m0/s1. The zero-order chi connectivity index (χ0) is 15.6. The first-order valence-electron chi connectivity index (χ1n) is 8.93. The van der Waals surface area contributed by atoms with E-state index in [9.17, 15) is 4.79 Å². The summed E-state index contributed by atoms with van der Waals surface area (Å²) in [6.45, 7) is 1.62. The van der Waals surface area contributed by atoms with Gasteiger partial charge in [0.05, 0.1) is 6.10 Å². The fraction of sp³-hybridized carbons (Fsp3) is 0.632. The van der Waals surface area contributed by atoms with E-state index < -0.39 is 0 Å². The number of thioether (sulfide) groups is 1. The van der Waals surface area contributed by atoms with Gasteiger partial charge in [-0.05, 0) is 67.5 Å². The van der Waals surface area contributed by atoms with Crippen molar-refractivity contribution in [1.82, 2.24) is 4.90 Å². The second-order valence-electron chi connectivity index (χ2n) is 6.95. The number of carbonyl (C=O) groups is 1. The summed E-state index contributed by atoms with van der Waals surface area (Å²) in [5.41, 5.74) is 3.69. The van der Waals surface area contributed by atoms with Gasteiger partial charge < -0.3 is 9.64 Å². The van der Waals surface area contributed by atoms with E-state index in [0.29, 0.717) is 6.04 Å². The fourth-order valence-electron chi connectivity index (χ4n) is 4.04. The summed E-state index contributed by atoms with van der Waals surface area (Å²) >= 11 is 1.97. The summed E-state index contributed by atoms with van der Waals surface area (Å²) in [6.07, 6.45) is 7.10. The Morgan fingerprint density at radius 3 is 2.91 bits per heavy atom. The molecule has 2 heterocycles. The van der Waals surface area contributed by atoms with Crippen molar-refractivity contribution in [3.63, 3.8) is 0 Å². The number of carbonyl (C=O) groups excluding carboxylic acids is 1. The molecular formula is C19H25NO2S. The third-order valence-corrected chi connectivity index (χ3v) is 6.52. The molecule has 3 nitrogen and oxygen atoms in total. The van der Waals surface area contributed by atoms with Crippen LogP contribution < -0.4 is 0 Å². The first-order valence-corrected chi connectivity index (χ1v) is 10.1. The Labute approximate surface area is 142 Å². The van der Waals surface area contributed by atoms with Crippen molar-refractivity contribution in [3.05, 3.63) is 34.9 Å². The fourth-order valence-corrected chi connectivity index (χ4v) is 5.27. The maximum atomic E-state index is 13.2. The normalized spacial score (nSPS) is 26.4. The van der Waals surface area contributed by atoms with E-state index in [-0.39, 0.29) is 12.0 Å². The van der Waals surface area contributed by atoms with E-state index in [1.807, 2.05) is 17.8 Å². The lowest BCUT2D eigenvalue weighted by atomic mass is 10.0. The van der Waals surface area contributed by atoms with Gasteiger partial charge in [-0.25, -0.2) is 0 Å². The van der Waals surface area contributed by atoms with Crippen LogP contribution in [0.2, 0.25) is 0 Å². The Morgan fingerprint density at radius 1 is 1.22 bits per heavy atom. The Morgan fingerprint density at radius 2 is 2.13 bits per heavy atom. The molecule has 23 heavy (non-hydrogen) atoms. The van der Waals surface area contributed by atoms with Gasteiger partial charge in [0.15, 0.2) is 0 Å². The van der Waals surface area contributed by atoms with Crippen LogP contribution in [0.3, 0.4) is 0 Å². The van der Waals surface area contributed by atoms with Gasteiger partial charge in [0, 0.05) is 30.5 Å². The van der Waals surface area contributed by atoms with Gasteiger partial charge in [-0.1, -0.05) is 6.07 Å². The molecule has 0 saturated carbocycles. The summed E-state index contributed by atoms with van der Waals surface area (Å²) in [5.74, 6) is 2.45. The number of nitrogens with zero attached hydrogens (tertiary/aromatic N) is 1. The van der Waals surface area contributed by atoms with Gasteiger partial charge in [-0.3, -0.25) is 4.79 Å². The summed E-state index contributed by atoms with van der Waals surface area (Å²) in [7, 11) is 0. The van der Waals surface area contributed by atoms with Crippen molar-refractivity contribution >= 4 is 17.7 Å². The zero-order valence-corrected chi connectivity index (χ0v) is 14.4. The predicted octanol–water partition coefficient (Wildman–Crippen LogP) is 3.30. The molecule has 2 saturated heterocycles. The molecular weight excluding hydrogens is 306 g/mol. The molecule has 124 valence electrons. The summed E-state index contributed by atoms with van der Waals surface area (Å²) < 4.78 is 5.80. The lowest BCUT2D eigenvalue weighted by Gasteiger charge is -2.31. The molecule has 4 rings (SSSR count). The van der Waals surface area contributed by atoms with E-state index in [2.05, 4.69) is 17.0 Å². The quantitative estimate of drug-likeness (QED) is 0.848. The number of aryl methyl sites for hydroxylation is 2. The van der Waals surface area contributed by atoms with Crippen molar-refractivity contribution in [2.45, 2.75) is 50.7 Å². The minimum Gasteiger partial charge on any atom is -0.376 e. The van der Waals surface area contributed by atoms with Crippen molar-refractivity contribution in [2.24, 2.45) is 0 Å². The highest BCUT2D eigenvalue weighted by atomic mass is 32.2. The van der Waals surface area contributed by atoms with Crippen LogP contribution in [-0.4, -0.2) is 47.6 Å². The van der Waals surface area contributed by atoms with E-state index >= 15 is 0 Å². The SMILES string of the molecule is O=C(c1ccc2c(c1)CCC2)N(C[C@@H]1CCCO1)[C@H]1CCSC1. The third kappa shape index (κ3) is 3.29. The van der Waals surface area contributed by atoms with Crippen molar-refractivity contribution < 1.29 is 9.53 Å². The average Bonchev–Trinajstić information content (AvgIpc) is 3.33. The van der Waals surface area contributed by atoms with E-state index in [1.54, 1.807) is 0 Å². The number of hydrogen-bond acceptors (Lipinski definition) is 3. The molecule has 2 atom stereocenters. The van der Waals surface area contributed by atoms with Crippen LogP contribution in [0.4, 0.5) is 0 Å². The predicted molar refractivity (Wildman–Crippen MR) is 94.2 cm³/mol. The van der Waals surface area contributed by atoms with Crippen LogP contribution in [0.5, 0.6) is 0 Å². The molecule has 0 bridgehead atoms. The minimum atomic E-state index is 0.211. The van der Waals surface area contributed by atoms with Crippen molar-refractivity contribution in [2.75, 3.05) is 24.7 Å². The van der Waals surface area contributed by atoms with E-state index in [0.717, 1.165) is 50.2 Å². The van der Waals surface area contributed by atoms with Crippen LogP contribution in [0.25, 0.3) is 0 Å². The Hall–Kier alpha value is -1.00. The van der Waals surface area contributed by atoms with Crippen LogP contribution in [0.1, 0.15) is 47.2 Å². The molecule has 1 amide bonds. The molecule has 2 aliphatic heterocycles. The first-order chi connectivity index (χ1) is 11.3. The van der Waals surface area contributed by atoms with Gasteiger partial charge in [-0.2, -0.15) is 11.8 Å². The number of ether oxygens (including phenoxy) is 1. The Bertz CT molecular complexity index is 577. The van der Waals surface area contributed by atoms with Crippen LogP contribution >= 0.6 is 11.8 Å².